The van der Waals surface area contributed by atoms with E-state index in [2.05, 4.69) is 49.2 Å². The van der Waals surface area contributed by atoms with Crippen molar-refractivity contribution in [1.82, 2.24) is 4.90 Å². The second-order valence-corrected chi connectivity index (χ2v) is 5.97. The molecule has 2 aliphatic rings. The molecule has 1 unspecified atom stereocenters. The minimum absolute atomic E-state index is 0.341. The fourth-order valence-corrected chi connectivity index (χ4v) is 2.95. The summed E-state index contributed by atoms with van der Waals surface area (Å²) in [5.74, 6) is 2.20. The van der Waals surface area contributed by atoms with Gasteiger partial charge >= 0.3 is 0 Å². The summed E-state index contributed by atoms with van der Waals surface area (Å²) in [5, 5.41) is 0. The second kappa shape index (κ2) is 6.35. The molecule has 0 radical (unpaired) electrons. The molecule has 0 fully saturated rings. The van der Waals surface area contributed by atoms with E-state index in [0.717, 1.165) is 24.6 Å². The number of hydrogen-bond donors (Lipinski definition) is 0. The summed E-state index contributed by atoms with van der Waals surface area (Å²) in [6.45, 7) is 4.66. The van der Waals surface area contributed by atoms with E-state index in [-0.39, 0.29) is 0 Å². The Balaban J connectivity index is 1.59. The number of allylic oxidation sites excluding steroid dienone is 2. The maximum Gasteiger partial charge on any atom is 0.231 e. The van der Waals surface area contributed by atoms with Gasteiger partial charge in [-0.15, -0.1) is 0 Å². The molecule has 0 aromatic heterocycles. The topological polar surface area (TPSA) is 21.7 Å². The molecule has 1 aromatic carbocycles. The van der Waals surface area contributed by atoms with Gasteiger partial charge in [-0.2, -0.15) is 0 Å². The van der Waals surface area contributed by atoms with E-state index in [1.807, 2.05) is 6.07 Å². The lowest BCUT2D eigenvalue weighted by atomic mass is 9.99. The Labute approximate surface area is 126 Å². The van der Waals surface area contributed by atoms with Gasteiger partial charge in [0, 0.05) is 13.1 Å². The van der Waals surface area contributed by atoms with E-state index in [9.17, 15) is 0 Å². The standard InChI is InChI=1S/C18H23NO2/c1-14(11-19(2)12-15-6-4-3-5-7-15)16-8-9-17-18(10-16)21-13-20-17/h4,6-10,14H,3,5,11-13H2,1-2H3. The Morgan fingerprint density at radius 2 is 2.05 bits per heavy atom. The summed E-state index contributed by atoms with van der Waals surface area (Å²) >= 11 is 0. The van der Waals surface area contributed by atoms with E-state index in [4.69, 9.17) is 9.47 Å². The van der Waals surface area contributed by atoms with Gasteiger partial charge in [-0.1, -0.05) is 31.2 Å². The smallest absolute Gasteiger partial charge is 0.231 e. The molecular formula is C18H23NO2. The van der Waals surface area contributed by atoms with Crippen LogP contribution in [0.1, 0.15) is 31.2 Å². The normalized spacial score (nSPS) is 18.0. The van der Waals surface area contributed by atoms with Crippen LogP contribution >= 0.6 is 0 Å². The summed E-state index contributed by atoms with van der Waals surface area (Å²) < 4.78 is 10.8. The highest BCUT2D eigenvalue weighted by atomic mass is 16.7. The first kappa shape index (κ1) is 14.2. The molecule has 1 atom stereocenters. The fourth-order valence-electron chi connectivity index (χ4n) is 2.95. The number of fused-ring (bicyclic) bond motifs is 1. The van der Waals surface area contributed by atoms with Gasteiger partial charge in [0.2, 0.25) is 6.79 Å². The summed E-state index contributed by atoms with van der Waals surface area (Å²) in [7, 11) is 2.19. The molecule has 0 bridgehead atoms. The van der Waals surface area contributed by atoms with Crippen molar-refractivity contribution in [2.75, 3.05) is 26.9 Å². The zero-order chi connectivity index (χ0) is 14.7. The predicted octanol–water partition coefficient (Wildman–Crippen LogP) is 3.73. The molecule has 3 rings (SSSR count). The molecule has 3 heteroatoms. The van der Waals surface area contributed by atoms with Gasteiger partial charge in [-0.3, -0.25) is 0 Å². The van der Waals surface area contributed by atoms with Crippen LogP contribution in [0, 0.1) is 0 Å². The summed E-state index contributed by atoms with van der Waals surface area (Å²) in [4.78, 5) is 2.39. The van der Waals surface area contributed by atoms with Crippen LogP contribution in [-0.2, 0) is 0 Å². The first-order valence-electron chi connectivity index (χ1n) is 7.66. The molecule has 1 aliphatic heterocycles. The zero-order valence-corrected chi connectivity index (χ0v) is 12.8. The SMILES string of the molecule is CC(CN(C)CC1=CCCC=C1)c1ccc2c(c1)OCO2. The maximum absolute atomic E-state index is 5.46. The highest BCUT2D eigenvalue weighted by Gasteiger charge is 2.16. The molecule has 1 aromatic rings. The van der Waals surface area contributed by atoms with Gasteiger partial charge < -0.3 is 14.4 Å². The van der Waals surface area contributed by atoms with Crippen LogP contribution in [0.2, 0.25) is 0 Å². The lowest BCUT2D eigenvalue weighted by Crippen LogP contribution is -2.25. The van der Waals surface area contributed by atoms with Crippen LogP contribution in [0.3, 0.4) is 0 Å². The van der Waals surface area contributed by atoms with Crippen molar-refractivity contribution in [2.24, 2.45) is 0 Å². The zero-order valence-electron chi connectivity index (χ0n) is 12.8. The van der Waals surface area contributed by atoms with Crippen molar-refractivity contribution < 1.29 is 9.47 Å². The van der Waals surface area contributed by atoms with E-state index >= 15 is 0 Å². The molecule has 0 saturated heterocycles. The van der Waals surface area contributed by atoms with Crippen LogP contribution in [0.25, 0.3) is 0 Å². The third-order valence-corrected chi connectivity index (χ3v) is 4.08. The predicted molar refractivity (Wildman–Crippen MR) is 84.9 cm³/mol. The van der Waals surface area contributed by atoms with Crippen molar-refractivity contribution in [3.05, 3.63) is 47.6 Å². The van der Waals surface area contributed by atoms with Crippen molar-refractivity contribution in [1.29, 1.82) is 0 Å². The van der Waals surface area contributed by atoms with E-state index < -0.39 is 0 Å². The van der Waals surface area contributed by atoms with Crippen molar-refractivity contribution >= 4 is 0 Å². The minimum atomic E-state index is 0.341. The molecule has 0 N–H and O–H groups in total. The Bertz CT molecular complexity index is 562. The Kier molecular flexibility index (Phi) is 4.30. The molecule has 1 heterocycles. The highest BCUT2D eigenvalue weighted by Crippen LogP contribution is 2.34. The van der Waals surface area contributed by atoms with Crippen LogP contribution in [0.4, 0.5) is 0 Å². The van der Waals surface area contributed by atoms with Gasteiger partial charge in [0.15, 0.2) is 11.5 Å². The third-order valence-electron chi connectivity index (χ3n) is 4.08. The minimum Gasteiger partial charge on any atom is -0.454 e. The number of nitrogens with zero attached hydrogens (tertiary/aromatic N) is 1. The molecule has 3 nitrogen and oxygen atoms in total. The Hall–Kier alpha value is -1.74. The van der Waals surface area contributed by atoms with Crippen molar-refractivity contribution in [2.45, 2.75) is 25.7 Å². The average molecular weight is 285 g/mol. The van der Waals surface area contributed by atoms with Crippen molar-refractivity contribution in [3.8, 4) is 11.5 Å². The molecule has 112 valence electrons. The third kappa shape index (κ3) is 3.48. The quantitative estimate of drug-likeness (QED) is 0.823. The molecule has 0 amide bonds. The van der Waals surface area contributed by atoms with E-state index in [1.165, 1.54) is 24.0 Å². The summed E-state index contributed by atoms with van der Waals surface area (Å²) in [5.41, 5.74) is 2.74. The van der Waals surface area contributed by atoms with Gasteiger partial charge in [0.25, 0.3) is 0 Å². The van der Waals surface area contributed by atoms with Crippen LogP contribution in [-0.4, -0.2) is 31.8 Å². The number of hydrogen-bond acceptors (Lipinski definition) is 3. The van der Waals surface area contributed by atoms with Crippen LogP contribution < -0.4 is 9.47 Å². The Morgan fingerprint density at radius 3 is 2.86 bits per heavy atom. The first-order valence-corrected chi connectivity index (χ1v) is 7.66. The molecule has 1 aliphatic carbocycles. The van der Waals surface area contributed by atoms with Crippen molar-refractivity contribution in [3.63, 3.8) is 0 Å². The summed E-state index contributed by atoms with van der Waals surface area (Å²) in [6.07, 6.45) is 9.23. The molecule has 0 saturated carbocycles. The van der Waals surface area contributed by atoms with E-state index in [1.54, 1.807) is 0 Å². The van der Waals surface area contributed by atoms with Gasteiger partial charge in [0.05, 0.1) is 0 Å². The molecule has 21 heavy (non-hydrogen) atoms. The van der Waals surface area contributed by atoms with Crippen LogP contribution in [0.5, 0.6) is 11.5 Å². The second-order valence-electron chi connectivity index (χ2n) is 5.97. The number of likely N-dealkylation sites (N-methyl/N-ethyl adjacent to an activating group) is 1. The largest absolute Gasteiger partial charge is 0.454 e. The average Bonchev–Trinajstić information content (AvgIpc) is 2.95. The number of ether oxygens (including phenoxy) is 2. The first-order chi connectivity index (χ1) is 10.2. The summed E-state index contributed by atoms with van der Waals surface area (Å²) in [6, 6.07) is 6.27. The lowest BCUT2D eigenvalue weighted by molar-refractivity contribution is 0.174. The van der Waals surface area contributed by atoms with E-state index in [0.29, 0.717) is 12.7 Å². The van der Waals surface area contributed by atoms with Gasteiger partial charge in [-0.05, 0) is 49.1 Å². The maximum atomic E-state index is 5.46. The molecule has 0 spiro atoms. The number of benzene rings is 1. The lowest BCUT2D eigenvalue weighted by Gasteiger charge is -2.23. The monoisotopic (exact) mass is 285 g/mol. The Morgan fingerprint density at radius 1 is 1.19 bits per heavy atom. The van der Waals surface area contributed by atoms with Gasteiger partial charge in [-0.25, -0.2) is 0 Å². The molecular weight excluding hydrogens is 262 g/mol. The highest BCUT2D eigenvalue weighted by molar-refractivity contribution is 5.45. The van der Waals surface area contributed by atoms with Crippen LogP contribution in [0.15, 0.2) is 42.0 Å². The number of rotatable bonds is 5. The fraction of sp³-hybridized carbons (Fsp3) is 0.444. The van der Waals surface area contributed by atoms with Gasteiger partial charge in [0.1, 0.15) is 0 Å².